The van der Waals surface area contributed by atoms with Gasteiger partial charge in [0.25, 0.3) is 5.91 Å². The van der Waals surface area contributed by atoms with Gasteiger partial charge in [0.15, 0.2) is 18.1 Å². The molecule has 3 aliphatic rings. The van der Waals surface area contributed by atoms with Gasteiger partial charge in [-0.3, -0.25) is 10.2 Å². The maximum Gasteiger partial charge on any atom is 0.260 e. The van der Waals surface area contributed by atoms with Crippen molar-refractivity contribution in [2.24, 2.45) is 21.8 Å². The number of fused-ring (bicyclic) bond motifs is 2. The molecule has 180 valence electrons. The lowest BCUT2D eigenvalue weighted by Crippen LogP contribution is -2.49. The van der Waals surface area contributed by atoms with Crippen LogP contribution in [0.5, 0.6) is 11.5 Å². The highest BCUT2D eigenvalue weighted by Crippen LogP contribution is 2.64. The molecular weight excluding hydrogens is 418 g/mol. The summed E-state index contributed by atoms with van der Waals surface area (Å²) >= 11 is 0. The van der Waals surface area contributed by atoms with Crippen LogP contribution in [0.1, 0.15) is 53.0 Å². The molecule has 1 heterocycles. The van der Waals surface area contributed by atoms with E-state index >= 15 is 0 Å². The average molecular weight is 456 g/mol. The largest absolute Gasteiger partial charge is 0.493 e. The quantitative estimate of drug-likeness (QED) is 0.498. The van der Waals surface area contributed by atoms with Crippen LogP contribution >= 0.6 is 0 Å². The Bertz CT molecular complexity index is 947. The Kier molecular flexibility index (Phi) is 6.45. The van der Waals surface area contributed by atoms with E-state index in [4.69, 9.17) is 14.2 Å². The molecule has 1 aromatic carbocycles. The average Bonchev–Trinajstić information content (AvgIpc) is 3.10. The highest BCUT2D eigenvalue weighted by molar-refractivity contribution is 5.81. The Morgan fingerprint density at radius 3 is 2.58 bits per heavy atom. The minimum atomic E-state index is -0.0514. The highest BCUT2D eigenvalue weighted by Gasteiger charge is 2.57. The van der Waals surface area contributed by atoms with Gasteiger partial charge < -0.3 is 19.1 Å². The van der Waals surface area contributed by atoms with Crippen LogP contribution in [0.2, 0.25) is 0 Å². The fraction of sp³-hybridized carbons (Fsp3) is 0.615. The Labute approximate surface area is 197 Å². The Balaban J connectivity index is 1.35. The van der Waals surface area contributed by atoms with Gasteiger partial charge in [-0.15, -0.1) is 0 Å². The number of amides is 1. The second kappa shape index (κ2) is 9.01. The number of carbonyl (C=O) groups excluding carboxylic acids is 1. The van der Waals surface area contributed by atoms with Crippen LogP contribution in [0.15, 0.2) is 35.1 Å². The van der Waals surface area contributed by atoms with Gasteiger partial charge in [-0.1, -0.05) is 26.8 Å². The topological polar surface area (TPSA) is 72.4 Å². The van der Waals surface area contributed by atoms with Crippen molar-refractivity contribution in [1.82, 2.24) is 10.3 Å². The van der Waals surface area contributed by atoms with E-state index in [9.17, 15) is 4.79 Å². The first kappa shape index (κ1) is 23.6. The van der Waals surface area contributed by atoms with Crippen LogP contribution in [0.3, 0.4) is 0 Å². The second-order valence-corrected chi connectivity index (χ2v) is 10.4. The normalized spacial score (nSPS) is 30.4. The lowest BCUT2D eigenvalue weighted by atomic mass is 9.69. The van der Waals surface area contributed by atoms with Crippen molar-refractivity contribution >= 4 is 12.1 Å². The molecule has 0 unspecified atom stereocenters. The summed E-state index contributed by atoms with van der Waals surface area (Å²) in [5, 5.41) is 4.50. The molecule has 1 aliphatic heterocycles. The van der Waals surface area contributed by atoms with E-state index in [0.29, 0.717) is 30.5 Å². The van der Waals surface area contributed by atoms with Gasteiger partial charge in [-0.05, 0) is 61.8 Å². The number of allylic oxidation sites excluding steroid dienone is 2. The van der Waals surface area contributed by atoms with Gasteiger partial charge in [0.2, 0.25) is 0 Å². The number of rotatable bonds is 7. The van der Waals surface area contributed by atoms with Gasteiger partial charge in [-0.25, -0.2) is 0 Å². The predicted octanol–water partition coefficient (Wildman–Crippen LogP) is 3.97. The van der Waals surface area contributed by atoms with Gasteiger partial charge in [-0.2, -0.15) is 5.10 Å². The van der Waals surface area contributed by atoms with E-state index in [2.05, 4.69) is 37.4 Å². The van der Waals surface area contributed by atoms with E-state index in [0.717, 1.165) is 5.56 Å². The van der Waals surface area contributed by atoms with Crippen LogP contribution in [-0.4, -0.2) is 56.0 Å². The van der Waals surface area contributed by atoms with Crippen molar-refractivity contribution < 1.29 is 19.0 Å². The maximum absolute atomic E-state index is 12.6. The standard InChI is InChI=1S/C26H37N3O4/c1-17-14-29(15-18(2)33-17)24(30)16-32-21-8-7-19(11-22(21)31-6)13-27-28-23-12-20-9-10-26(23,5)25(20,3)4/h7-8,11-13,17-18,20,28H,9-10,14-16H2,1-6H3/b27-13-/t17-,18+,20-,26+/m0/s1. The van der Waals surface area contributed by atoms with Crippen LogP contribution < -0.4 is 14.9 Å². The van der Waals surface area contributed by atoms with Gasteiger partial charge in [0, 0.05) is 24.2 Å². The Morgan fingerprint density at radius 1 is 1.24 bits per heavy atom. The fourth-order valence-electron chi connectivity index (χ4n) is 5.53. The van der Waals surface area contributed by atoms with E-state index in [-0.39, 0.29) is 35.6 Å². The number of hydrogen-bond donors (Lipinski definition) is 1. The van der Waals surface area contributed by atoms with Gasteiger partial charge in [0.1, 0.15) is 0 Å². The SMILES string of the molecule is COc1cc(/C=N\NC2=C[C@@H]3CC[C@@]2(C)C3(C)C)ccc1OCC(=O)N1C[C@@H](C)O[C@@H](C)C1. The summed E-state index contributed by atoms with van der Waals surface area (Å²) in [7, 11) is 1.59. The molecule has 2 aliphatic carbocycles. The molecule has 1 N–H and O–H groups in total. The molecule has 7 nitrogen and oxygen atoms in total. The third-order valence-electron chi connectivity index (χ3n) is 7.98. The molecule has 4 atom stereocenters. The first-order valence-electron chi connectivity index (χ1n) is 11.9. The molecule has 7 heteroatoms. The third kappa shape index (κ3) is 4.47. The second-order valence-electron chi connectivity index (χ2n) is 10.4. The van der Waals surface area contributed by atoms with Crippen molar-refractivity contribution in [3.05, 3.63) is 35.5 Å². The Hall–Kier alpha value is -2.54. The van der Waals surface area contributed by atoms with Crippen molar-refractivity contribution in [3.63, 3.8) is 0 Å². The summed E-state index contributed by atoms with van der Waals surface area (Å²) in [5.41, 5.74) is 5.81. The van der Waals surface area contributed by atoms with E-state index in [1.807, 2.05) is 32.0 Å². The molecular formula is C26H37N3O4. The summed E-state index contributed by atoms with van der Waals surface area (Å²) in [6.07, 6.45) is 6.65. The number of hydrazone groups is 1. The number of ether oxygens (including phenoxy) is 3. The van der Waals surface area contributed by atoms with Crippen molar-refractivity contribution in [2.75, 3.05) is 26.8 Å². The lowest BCUT2D eigenvalue weighted by molar-refractivity contribution is -0.145. The molecule has 1 saturated carbocycles. The Morgan fingerprint density at radius 2 is 1.97 bits per heavy atom. The zero-order valence-electron chi connectivity index (χ0n) is 20.7. The molecule has 4 rings (SSSR count). The molecule has 2 fully saturated rings. The van der Waals surface area contributed by atoms with Gasteiger partial charge in [0.05, 0.1) is 25.5 Å². The molecule has 2 bridgehead atoms. The highest BCUT2D eigenvalue weighted by atomic mass is 16.5. The zero-order valence-corrected chi connectivity index (χ0v) is 20.7. The number of carbonyl (C=O) groups is 1. The molecule has 0 spiro atoms. The summed E-state index contributed by atoms with van der Waals surface area (Å²) < 4.78 is 17.0. The number of morpholine rings is 1. The molecule has 1 aromatic rings. The fourth-order valence-corrected chi connectivity index (χ4v) is 5.53. The van der Waals surface area contributed by atoms with Crippen LogP contribution in [0, 0.1) is 16.7 Å². The molecule has 1 amide bonds. The molecule has 0 aromatic heterocycles. The van der Waals surface area contributed by atoms with Crippen LogP contribution in [0.25, 0.3) is 0 Å². The number of benzene rings is 1. The van der Waals surface area contributed by atoms with Gasteiger partial charge >= 0.3 is 0 Å². The third-order valence-corrected chi connectivity index (χ3v) is 7.98. The summed E-state index contributed by atoms with van der Waals surface area (Å²) in [6, 6.07) is 5.59. The summed E-state index contributed by atoms with van der Waals surface area (Å²) in [5.74, 6) is 1.67. The number of nitrogens with zero attached hydrogens (tertiary/aromatic N) is 2. The van der Waals surface area contributed by atoms with E-state index in [1.54, 1.807) is 18.2 Å². The number of nitrogens with one attached hydrogen (secondary N) is 1. The smallest absolute Gasteiger partial charge is 0.260 e. The van der Waals surface area contributed by atoms with Crippen molar-refractivity contribution in [3.8, 4) is 11.5 Å². The maximum atomic E-state index is 12.6. The molecule has 0 radical (unpaired) electrons. The van der Waals surface area contributed by atoms with E-state index in [1.165, 1.54) is 18.5 Å². The monoisotopic (exact) mass is 455 g/mol. The minimum absolute atomic E-state index is 0.0308. The molecule has 1 saturated heterocycles. The minimum Gasteiger partial charge on any atom is -0.493 e. The predicted molar refractivity (Wildman–Crippen MR) is 129 cm³/mol. The zero-order chi connectivity index (χ0) is 23.8. The number of hydrogen-bond acceptors (Lipinski definition) is 6. The van der Waals surface area contributed by atoms with Crippen LogP contribution in [0.4, 0.5) is 0 Å². The van der Waals surface area contributed by atoms with Crippen LogP contribution in [-0.2, 0) is 9.53 Å². The first-order valence-corrected chi connectivity index (χ1v) is 11.9. The number of methoxy groups -OCH3 is 1. The lowest BCUT2D eigenvalue weighted by Gasteiger charge is -2.36. The molecule has 33 heavy (non-hydrogen) atoms. The first-order chi connectivity index (χ1) is 15.6. The van der Waals surface area contributed by atoms with Crippen molar-refractivity contribution in [2.45, 2.75) is 59.7 Å². The summed E-state index contributed by atoms with van der Waals surface area (Å²) in [6.45, 7) is 12.1. The summed E-state index contributed by atoms with van der Waals surface area (Å²) in [4.78, 5) is 14.4. The van der Waals surface area contributed by atoms with Crippen molar-refractivity contribution in [1.29, 1.82) is 0 Å². The van der Waals surface area contributed by atoms with E-state index < -0.39 is 0 Å².